The third-order valence-corrected chi connectivity index (χ3v) is 3.83. The van der Waals surface area contributed by atoms with Crippen molar-refractivity contribution in [1.82, 2.24) is 0 Å². The third-order valence-electron chi connectivity index (χ3n) is 3.83. The number of benzene rings is 2. The van der Waals surface area contributed by atoms with Gasteiger partial charge in [-0.15, -0.1) is 0 Å². The van der Waals surface area contributed by atoms with Gasteiger partial charge in [0.25, 0.3) is 0 Å². The van der Waals surface area contributed by atoms with E-state index < -0.39 is 0 Å². The van der Waals surface area contributed by atoms with Crippen molar-refractivity contribution in [2.24, 2.45) is 0 Å². The number of unbranched alkanes of at least 4 members (excludes halogenated alkanes) is 1. The summed E-state index contributed by atoms with van der Waals surface area (Å²) in [5, 5.41) is 2.94. The molecule has 0 heterocycles. The Morgan fingerprint density at radius 2 is 1.64 bits per heavy atom. The molecule has 132 valence electrons. The van der Waals surface area contributed by atoms with E-state index in [0.29, 0.717) is 19.4 Å². The highest BCUT2D eigenvalue weighted by Gasteiger charge is 2.09. The standard InChI is InChI=1S/C21H25NO3/c1-2-3-16-25-21(24)15-9-14-20(23)22-19-13-8-7-12-18(19)17-10-5-4-6-11-17/h4-8,10-13H,2-3,9,14-16H2,1H3,(H,22,23). The lowest BCUT2D eigenvalue weighted by Gasteiger charge is -2.11. The summed E-state index contributed by atoms with van der Waals surface area (Å²) in [7, 11) is 0. The van der Waals surface area contributed by atoms with E-state index in [0.717, 1.165) is 29.7 Å². The van der Waals surface area contributed by atoms with Gasteiger partial charge in [-0.2, -0.15) is 0 Å². The van der Waals surface area contributed by atoms with E-state index in [1.807, 2.05) is 61.5 Å². The largest absolute Gasteiger partial charge is 0.466 e. The summed E-state index contributed by atoms with van der Waals surface area (Å²) >= 11 is 0. The van der Waals surface area contributed by atoms with Crippen LogP contribution in [-0.4, -0.2) is 18.5 Å². The lowest BCUT2D eigenvalue weighted by molar-refractivity contribution is -0.143. The van der Waals surface area contributed by atoms with Crippen molar-refractivity contribution in [2.75, 3.05) is 11.9 Å². The molecule has 0 aliphatic heterocycles. The van der Waals surface area contributed by atoms with Crippen LogP contribution in [0.15, 0.2) is 54.6 Å². The van der Waals surface area contributed by atoms with Gasteiger partial charge < -0.3 is 10.1 Å². The smallest absolute Gasteiger partial charge is 0.305 e. The molecule has 25 heavy (non-hydrogen) atoms. The minimum Gasteiger partial charge on any atom is -0.466 e. The molecule has 0 spiro atoms. The molecule has 4 nitrogen and oxygen atoms in total. The molecule has 0 atom stereocenters. The fourth-order valence-corrected chi connectivity index (χ4v) is 2.47. The Morgan fingerprint density at radius 3 is 2.40 bits per heavy atom. The maximum absolute atomic E-state index is 12.2. The summed E-state index contributed by atoms with van der Waals surface area (Å²) < 4.78 is 5.09. The van der Waals surface area contributed by atoms with Crippen molar-refractivity contribution in [2.45, 2.75) is 39.0 Å². The van der Waals surface area contributed by atoms with Gasteiger partial charge in [0.2, 0.25) is 5.91 Å². The van der Waals surface area contributed by atoms with Gasteiger partial charge >= 0.3 is 5.97 Å². The molecule has 0 radical (unpaired) electrons. The number of anilines is 1. The minimum absolute atomic E-state index is 0.0928. The van der Waals surface area contributed by atoms with Gasteiger partial charge in [0, 0.05) is 24.1 Å². The van der Waals surface area contributed by atoms with Crippen molar-refractivity contribution in [3.63, 3.8) is 0 Å². The van der Waals surface area contributed by atoms with E-state index in [4.69, 9.17) is 4.74 Å². The van der Waals surface area contributed by atoms with Crippen LogP contribution in [0.2, 0.25) is 0 Å². The number of amides is 1. The van der Waals surface area contributed by atoms with Crippen LogP contribution in [0.5, 0.6) is 0 Å². The highest BCUT2D eigenvalue weighted by molar-refractivity contribution is 5.95. The summed E-state index contributed by atoms with van der Waals surface area (Å²) in [6.45, 7) is 2.51. The summed E-state index contributed by atoms with van der Waals surface area (Å²) in [5.41, 5.74) is 2.82. The zero-order chi connectivity index (χ0) is 17.9. The summed E-state index contributed by atoms with van der Waals surface area (Å²) in [6, 6.07) is 17.6. The molecule has 2 rings (SSSR count). The van der Waals surface area contributed by atoms with Crippen molar-refractivity contribution in [3.05, 3.63) is 54.6 Å². The molecule has 0 aliphatic carbocycles. The number of carbonyl (C=O) groups is 2. The second kappa shape index (κ2) is 10.3. The first kappa shape index (κ1) is 18.7. The van der Waals surface area contributed by atoms with Gasteiger partial charge in [-0.1, -0.05) is 61.9 Å². The molecule has 0 aliphatic rings. The van der Waals surface area contributed by atoms with E-state index in [1.54, 1.807) is 0 Å². The predicted molar refractivity (Wildman–Crippen MR) is 100 cm³/mol. The number of rotatable bonds is 9. The van der Waals surface area contributed by atoms with Crippen LogP contribution in [-0.2, 0) is 14.3 Å². The maximum Gasteiger partial charge on any atom is 0.305 e. The summed E-state index contributed by atoms with van der Waals surface area (Å²) in [6.07, 6.45) is 2.94. The molecule has 0 unspecified atom stereocenters. The molecule has 0 fully saturated rings. The molecule has 1 N–H and O–H groups in total. The molecule has 0 bridgehead atoms. The number of para-hydroxylation sites is 1. The van der Waals surface area contributed by atoms with Gasteiger partial charge in [-0.05, 0) is 24.5 Å². The number of nitrogens with one attached hydrogen (secondary N) is 1. The third kappa shape index (κ3) is 6.42. The Bertz CT molecular complexity index is 683. The number of carbonyl (C=O) groups excluding carboxylic acids is 2. The van der Waals surface area contributed by atoms with Crippen LogP contribution >= 0.6 is 0 Å². The Hall–Kier alpha value is -2.62. The topological polar surface area (TPSA) is 55.4 Å². The average Bonchev–Trinajstić information content (AvgIpc) is 2.63. The van der Waals surface area contributed by atoms with Crippen LogP contribution in [0.1, 0.15) is 39.0 Å². The van der Waals surface area contributed by atoms with E-state index in [2.05, 4.69) is 5.32 Å². The molecular weight excluding hydrogens is 314 g/mol. The van der Waals surface area contributed by atoms with Crippen molar-refractivity contribution in [1.29, 1.82) is 0 Å². The number of hydrogen-bond acceptors (Lipinski definition) is 3. The van der Waals surface area contributed by atoms with Crippen LogP contribution < -0.4 is 5.32 Å². The molecule has 1 amide bonds. The van der Waals surface area contributed by atoms with Crippen LogP contribution in [0.4, 0.5) is 5.69 Å². The zero-order valence-corrected chi connectivity index (χ0v) is 14.7. The lowest BCUT2D eigenvalue weighted by atomic mass is 10.0. The Kier molecular flexibility index (Phi) is 7.70. The normalized spacial score (nSPS) is 10.3. The fourth-order valence-electron chi connectivity index (χ4n) is 2.47. The van der Waals surface area contributed by atoms with E-state index in [9.17, 15) is 9.59 Å². The quantitative estimate of drug-likeness (QED) is 0.527. The van der Waals surface area contributed by atoms with Gasteiger partial charge in [0.15, 0.2) is 0 Å². The SMILES string of the molecule is CCCCOC(=O)CCCC(=O)Nc1ccccc1-c1ccccc1. The second-order valence-electron chi connectivity index (χ2n) is 5.89. The minimum atomic E-state index is -0.231. The lowest BCUT2D eigenvalue weighted by Crippen LogP contribution is -2.13. The Labute approximate surface area is 149 Å². The monoisotopic (exact) mass is 339 g/mol. The first-order chi connectivity index (χ1) is 12.2. The molecular formula is C21H25NO3. The maximum atomic E-state index is 12.2. The van der Waals surface area contributed by atoms with Gasteiger partial charge in [0.1, 0.15) is 0 Å². The second-order valence-corrected chi connectivity index (χ2v) is 5.89. The molecule has 0 saturated heterocycles. The van der Waals surface area contributed by atoms with E-state index >= 15 is 0 Å². The van der Waals surface area contributed by atoms with Crippen LogP contribution in [0.25, 0.3) is 11.1 Å². The van der Waals surface area contributed by atoms with Gasteiger partial charge in [0.05, 0.1) is 6.61 Å². The van der Waals surface area contributed by atoms with Gasteiger partial charge in [-0.3, -0.25) is 9.59 Å². The summed E-state index contributed by atoms with van der Waals surface area (Å²) in [4.78, 5) is 23.7. The fraction of sp³-hybridized carbons (Fsp3) is 0.333. The molecule has 2 aromatic rings. The number of ether oxygens (including phenoxy) is 1. The number of esters is 1. The van der Waals surface area contributed by atoms with Crippen molar-refractivity contribution < 1.29 is 14.3 Å². The van der Waals surface area contributed by atoms with E-state index in [-0.39, 0.29) is 18.3 Å². The Morgan fingerprint density at radius 1 is 0.920 bits per heavy atom. The highest BCUT2D eigenvalue weighted by Crippen LogP contribution is 2.27. The summed E-state index contributed by atoms with van der Waals surface area (Å²) in [5.74, 6) is -0.323. The zero-order valence-electron chi connectivity index (χ0n) is 14.7. The van der Waals surface area contributed by atoms with Crippen LogP contribution in [0.3, 0.4) is 0 Å². The van der Waals surface area contributed by atoms with E-state index in [1.165, 1.54) is 0 Å². The molecule has 0 aromatic heterocycles. The highest BCUT2D eigenvalue weighted by atomic mass is 16.5. The molecule has 2 aromatic carbocycles. The predicted octanol–water partition coefficient (Wildman–Crippen LogP) is 4.81. The first-order valence-corrected chi connectivity index (χ1v) is 8.80. The molecule has 0 saturated carbocycles. The number of hydrogen-bond donors (Lipinski definition) is 1. The van der Waals surface area contributed by atoms with Crippen molar-refractivity contribution in [3.8, 4) is 11.1 Å². The molecule has 4 heteroatoms. The van der Waals surface area contributed by atoms with Crippen molar-refractivity contribution >= 4 is 17.6 Å². The van der Waals surface area contributed by atoms with Crippen LogP contribution in [0, 0.1) is 0 Å². The Balaban J connectivity index is 1.84. The first-order valence-electron chi connectivity index (χ1n) is 8.80. The average molecular weight is 339 g/mol. The van der Waals surface area contributed by atoms with Gasteiger partial charge in [-0.25, -0.2) is 0 Å².